The number of benzene rings is 1. The third-order valence-corrected chi connectivity index (χ3v) is 7.37. The molecule has 1 aromatic carbocycles. The van der Waals surface area contributed by atoms with Gasteiger partial charge < -0.3 is 18.9 Å². The summed E-state index contributed by atoms with van der Waals surface area (Å²) in [7, 11) is 1.61. The molecule has 4 aliphatic rings. The fraction of sp³-hybridized carbons (Fsp3) is 0.600. The summed E-state index contributed by atoms with van der Waals surface area (Å²) in [6.07, 6.45) is 5.26. The number of Topliss-reactive ketones (excluding diaryl/α,β-unsaturated/α-hetero) is 1. The SMILES string of the molecule is COC1=C[C@]23CCCN2CCc2cc4c(cc2[C@@H]3[C@@H]1OC(=O)C(=O)CCC(C)C)OCO4. The topological polar surface area (TPSA) is 74.3 Å². The molecule has 3 atom stereocenters. The van der Waals surface area contributed by atoms with Crippen molar-refractivity contribution in [3.8, 4) is 11.5 Å². The van der Waals surface area contributed by atoms with Crippen LogP contribution in [-0.2, 0) is 25.5 Å². The second-order valence-corrected chi connectivity index (χ2v) is 9.65. The molecule has 1 saturated heterocycles. The van der Waals surface area contributed by atoms with Crippen molar-refractivity contribution in [1.82, 2.24) is 4.90 Å². The predicted octanol–water partition coefficient (Wildman–Crippen LogP) is 3.35. The van der Waals surface area contributed by atoms with E-state index < -0.39 is 17.9 Å². The smallest absolute Gasteiger partial charge is 0.375 e. The van der Waals surface area contributed by atoms with Gasteiger partial charge >= 0.3 is 5.97 Å². The molecule has 3 heterocycles. The van der Waals surface area contributed by atoms with Crippen LogP contribution in [0.1, 0.15) is 56.6 Å². The lowest BCUT2D eigenvalue weighted by atomic mass is 9.77. The standard InChI is InChI=1S/C25H31NO6/c1-15(2)5-6-18(27)24(28)32-23-21(29-3)13-25-8-4-9-26(25)10-7-16-11-19-20(31-14-30-19)12-17(16)22(23)25/h11-13,15,22-23H,4-10,14H2,1-3H3/t22-,23-,25+/m1/s1. The number of fused-ring (bicyclic) bond motifs is 3. The van der Waals surface area contributed by atoms with E-state index in [0.717, 1.165) is 43.7 Å². The van der Waals surface area contributed by atoms with Gasteiger partial charge in [0.2, 0.25) is 12.6 Å². The molecule has 7 nitrogen and oxygen atoms in total. The minimum absolute atomic E-state index is 0.159. The first kappa shape index (κ1) is 21.3. The van der Waals surface area contributed by atoms with E-state index >= 15 is 0 Å². The first-order valence-electron chi connectivity index (χ1n) is 11.6. The Morgan fingerprint density at radius 2 is 2.00 bits per heavy atom. The lowest BCUT2D eigenvalue weighted by Crippen LogP contribution is -2.47. The number of hydrogen-bond acceptors (Lipinski definition) is 7. The summed E-state index contributed by atoms with van der Waals surface area (Å²) < 4.78 is 23.0. The molecule has 0 aromatic heterocycles. The Bertz CT molecular complexity index is 969. The van der Waals surface area contributed by atoms with Crippen molar-refractivity contribution in [2.24, 2.45) is 5.92 Å². The molecule has 7 heteroatoms. The molecule has 0 saturated carbocycles. The van der Waals surface area contributed by atoms with E-state index in [0.29, 0.717) is 23.8 Å². The minimum atomic E-state index is -0.772. The highest BCUT2D eigenvalue weighted by Crippen LogP contribution is 2.55. The number of carbonyl (C=O) groups is 2. The highest BCUT2D eigenvalue weighted by Gasteiger charge is 2.58. The fourth-order valence-corrected chi connectivity index (χ4v) is 5.80. The van der Waals surface area contributed by atoms with Gasteiger partial charge in [0.1, 0.15) is 5.76 Å². The number of methoxy groups -OCH3 is 1. The summed E-state index contributed by atoms with van der Waals surface area (Å²) in [6, 6.07) is 4.10. The van der Waals surface area contributed by atoms with Crippen LogP contribution in [0.5, 0.6) is 11.5 Å². The van der Waals surface area contributed by atoms with Crippen LogP contribution in [0.25, 0.3) is 0 Å². The summed E-state index contributed by atoms with van der Waals surface area (Å²) in [5.74, 6) is 1.04. The lowest BCUT2D eigenvalue weighted by molar-refractivity contribution is -0.159. The Morgan fingerprint density at radius 3 is 2.75 bits per heavy atom. The minimum Gasteiger partial charge on any atom is -0.497 e. The van der Waals surface area contributed by atoms with E-state index in [4.69, 9.17) is 18.9 Å². The quantitative estimate of drug-likeness (QED) is 0.495. The van der Waals surface area contributed by atoms with Crippen LogP contribution in [0.2, 0.25) is 0 Å². The van der Waals surface area contributed by atoms with Gasteiger partial charge in [-0.15, -0.1) is 0 Å². The van der Waals surface area contributed by atoms with E-state index in [9.17, 15) is 9.59 Å². The van der Waals surface area contributed by atoms with Gasteiger partial charge in [-0.05, 0) is 67.5 Å². The van der Waals surface area contributed by atoms with E-state index in [-0.39, 0.29) is 24.7 Å². The Hall–Kier alpha value is -2.54. The second kappa shape index (κ2) is 8.10. The van der Waals surface area contributed by atoms with Crippen LogP contribution in [-0.4, -0.2) is 55.3 Å². The maximum absolute atomic E-state index is 12.8. The number of nitrogens with zero attached hydrogens (tertiary/aromatic N) is 1. The number of ether oxygens (including phenoxy) is 4. The number of carbonyl (C=O) groups excluding carboxylic acids is 2. The molecule has 3 aliphatic heterocycles. The molecule has 172 valence electrons. The zero-order valence-electron chi connectivity index (χ0n) is 19.0. The van der Waals surface area contributed by atoms with Crippen molar-refractivity contribution in [3.05, 3.63) is 35.1 Å². The molecule has 0 unspecified atom stereocenters. The molecule has 1 spiro atoms. The van der Waals surface area contributed by atoms with Crippen molar-refractivity contribution in [2.45, 2.75) is 63.5 Å². The second-order valence-electron chi connectivity index (χ2n) is 9.65. The molecular weight excluding hydrogens is 410 g/mol. The number of ketones is 1. The first-order valence-corrected chi connectivity index (χ1v) is 11.6. The third-order valence-electron chi connectivity index (χ3n) is 7.37. The van der Waals surface area contributed by atoms with E-state index in [1.54, 1.807) is 7.11 Å². The monoisotopic (exact) mass is 441 g/mol. The highest BCUT2D eigenvalue weighted by molar-refractivity contribution is 6.33. The molecule has 32 heavy (non-hydrogen) atoms. The molecule has 0 amide bonds. The Balaban J connectivity index is 1.53. The molecule has 0 N–H and O–H groups in total. The van der Waals surface area contributed by atoms with Gasteiger partial charge in [-0.1, -0.05) is 13.8 Å². The summed E-state index contributed by atoms with van der Waals surface area (Å²) in [4.78, 5) is 27.8. The fourth-order valence-electron chi connectivity index (χ4n) is 5.80. The molecule has 5 rings (SSSR count). The van der Waals surface area contributed by atoms with Crippen LogP contribution in [0.15, 0.2) is 24.0 Å². The van der Waals surface area contributed by atoms with Gasteiger partial charge in [-0.2, -0.15) is 0 Å². The lowest BCUT2D eigenvalue weighted by Gasteiger charge is -2.39. The zero-order chi connectivity index (χ0) is 22.5. The average molecular weight is 442 g/mol. The van der Waals surface area contributed by atoms with E-state index in [1.807, 2.05) is 19.9 Å². The van der Waals surface area contributed by atoms with Gasteiger partial charge in [0, 0.05) is 13.0 Å². The number of esters is 1. The maximum Gasteiger partial charge on any atom is 0.375 e. The molecular formula is C25H31NO6. The summed E-state index contributed by atoms with van der Waals surface area (Å²) in [5, 5.41) is 0. The van der Waals surface area contributed by atoms with Gasteiger partial charge in [0.25, 0.3) is 0 Å². The van der Waals surface area contributed by atoms with Crippen molar-refractivity contribution in [1.29, 1.82) is 0 Å². The van der Waals surface area contributed by atoms with Crippen molar-refractivity contribution in [3.63, 3.8) is 0 Å². The predicted molar refractivity (Wildman–Crippen MR) is 117 cm³/mol. The normalized spacial score (nSPS) is 27.9. The zero-order valence-corrected chi connectivity index (χ0v) is 19.0. The van der Waals surface area contributed by atoms with Gasteiger partial charge in [-0.25, -0.2) is 4.79 Å². The molecule has 1 aromatic rings. The van der Waals surface area contributed by atoms with Crippen LogP contribution in [0.3, 0.4) is 0 Å². The maximum atomic E-state index is 12.8. The van der Waals surface area contributed by atoms with Gasteiger partial charge in [0.05, 0.1) is 18.6 Å². The Labute approximate surface area is 188 Å². The van der Waals surface area contributed by atoms with Crippen LogP contribution in [0.4, 0.5) is 0 Å². The Kier molecular flexibility index (Phi) is 5.40. The van der Waals surface area contributed by atoms with Crippen molar-refractivity contribution >= 4 is 11.8 Å². The third kappa shape index (κ3) is 3.38. The summed E-state index contributed by atoms with van der Waals surface area (Å²) in [6.45, 7) is 6.17. The van der Waals surface area contributed by atoms with Crippen LogP contribution < -0.4 is 9.47 Å². The summed E-state index contributed by atoms with van der Waals surface area (Å²) >= 11 is 0. The molecule has 1 aliphatic carbocycles. The van der Waals surface area contributed by atoms with Crippen LogP contribution in [0, 0.1) is 5.92 Å². The van der Waals surface area contributed by atoms with Crippen molar-refractivity contribution in [2.75, 3.05) is 27.0 Å². The average Bonchev–Trinajstić information content (AvgIpc) is 3.45. The molecule has 0 bridgehead atoms. The van der Waals surface area contributed by atoms with Gasteiger partial charge in [0.15, 0.2) is 17.6 Å². The molecule has 1 fully saturated rings. The van der Waals surface area contributed by atoms with Crippen LogP contribution >= 0.6 is 0 Å². The number of rotatable bonds is 6. The first-order chi connectivity index (χ1) is 15.4. The van der Waals surface area contributed by atoms with Gasteiger partial charge in [-0.3, -0.25) is 9.69 Å². The van der Waals surface area contributed by atoms with E-state index in [2.05, 4.69) is 17.0 Å². The van der Waals surface area contributed by atoms with Crippen molar-refractivity contribution < 1.29 is 28.5 Å². The number of hydrogen-bond donors (Lipinski definition) is 0. The largest absolute Gasteiger partial charge is 0.497 e. The molecule has 0 radical (unpaired) electrons. The highest BCUT2D eigenvalue weighted by atomic mass is 16.7. The Morgan fingerprint density at radius 1 is 1.22 bits per heavy atom. The summed E-state index contributed by atoms with van der Waals surface area (Å²) in [5.41, 5.74) is 1.97. The van der Waals surface area contributed by atoms with E-state index in [1.165, 1.54) is 5.56 Å².